The number of ether oxygens (including phenoxy) is 1. The normalized spacial score (nSPS) is 13.6. The smallest absolute Gasteiger partial charge is 0.254 e. The Morgan fingerprint density at radius 3 is 2.33 bits per heavy atom. The molecule has 0 aliphatic carbocycles. The van der Waals surface area contributed by atoms with Crippen LogP contribution in [0.25, 0.3) is 0 Å². The van der Waals surface area contributed by atoms with Crippen LogP contribution in [0, 0.1) is 0 Å². The molecule has 15 heavy (non-hydrogen) atoms. The van der Waals surface area contributed by atoms with Gasteiger partial charge in [0.2, 0.25) is 0 Å². The van der Waals surface area contributed by atoms with Crippen molar-refractivity contribution in [3.8, 4) is 0 Å². The third-order valence-corrected chi connectivity index (χ3v) is 1.92. The fourth-order valence-electron chi connectivity index (χ4n) is 0.453. The fraction of sp³-hybridized carbons (Fsp3) is 1.00. The summed E-state index contributed by atoms with van der Waals surface area (Å²) in [6, 6.07) is 0. The van der Waals surface area contributed by atoms with E-state index < -0.39 is 10.5 Å². The average Bonchev–Trinajstić information content (AvgIpc) is 2.12. The number of hydrogen-bond acceptors (Lipinski definition) is 8. The number of rotatable bonds is 7. The molecule has 0 bridgehead atoms. The van der Waals surface area contributed by atoms with Crippen molar-refractivity contribution in [2.24, 2.45) is 23.4 Å². The van der Waals surface area contributed by atoms with Gasteiger partial charge in [-0.15, -0.1) is 17.2 Å². The monoisotopic (exact) mass is 336 g/mol. The van der Waals surface area contributed by atoms with Gasteiger partial charge in [-0.25, -0.2) is 0 Å². The molecule has 0 heterocycles. The predicted octanol–water partition coefficient (Wildman–Crippen LogP) is -1.86. The first-order chi connectivity index (χ1) is 6.71. The number of halogens is 1. The van der Waals surface area contributed by atoms with Crippen LogP contribution >= 0.6 is 22.6 Å². The number of hydroxylamine groups is 2. The lowest BCUT2D eigenvalue weighted by Gasteiger charge is -2.33. The van der Waals surface area contributed by atoms with E-state index in [2.05, 4.69) is 5.48 Å². The van der Waals surface area contributed by atoms with Gasteiger partial charge in [-0.1, -0.05) is 27.5 Å². The molecule has 0 aromatic heterocycles. The van der Waals surface area contributed by atoms with Gasteiger partial charge >= 0.3 is 0 Å². The first-order valence-electron chi connectivity index (χ1n) is 4.05. The quantitative estimate of drug-likeness (QED) is 0.0911. The fourth-order valence-corrected chi connectivity index (χ4v) is 0.650. The minimum Gasteiger partial charge on any atom is -0.315 e. The molecule has 0 fully saturated rings. The summed E-state index contributed by atoms with van der Waals surface area (Å²) in [7, 11) is 0. The number of nitrogens with two attached hydrogens (primary N) is 4. The standard InChI is InChI=1S/C5H19IN7O2/c1-5(2,12(7)8)11-15-13(9,10)4-14-3-6/h11H,3-4,7-10H2,1-2H3/q+1. The molecule has 10 heteroatoms. The molecule has 0 unspecified atom stereocenters. The summed E-state index contributed by atoms with van der Waals surface area (Å²) in [5.41, 5.74) is 1.71. The van der Waals surface area contributed by atoms with Crippen molar-refractivity contribution in [2.45, 2.75) is 19.5 Å². The Morgan fingerprint density at radius 1 is 1.40 bits per heavy atom. The maximum absolute atomic E-state index is 5.51. The summed E-state index contributed by atoms with van der Waals surface area (Å²) in [4.78, 5) is 4.18. The molecule has 0 aliphatic rings. The largest absolute Gasteiger partial charge is 0.315 e. The first-order valence-corrected chi connectivity index (χ1v) is 5.58. The van der Waals surface area contributed by atoms with E-state index in [9.17, 15) is 0 Å². The summed E-state index contributed by atoms with van der Waals surface area (Å²) < 4.78 is 5.45. The van der Waals surface area contributed by atoms with Crippen LogP contribution < -0.4 is 28.9 Å². The molecule has 0 aliphatic heterocycles. The van der Waals surface area contributed by atoms with Gasteiger partial charge in [-0.3, -0.25) is 11.7 Å². The molecular formula is C5H19IN7O2+. The van der Waals surface area contributed by atoms with Gasteiger partial charge in [0.1, 0.15) is 10.3 Å². The summed E-state index contributed by atoms with van der Waals surface area (Å²) in [6.45, 7) is 3.36. The highest BCUT2D eigenvalue weighted by Crippen LogP contribution is 2.02. The van der Waals surface area contributed by atoms with E-state index in [0.29, 0.717) is 4.61 Å². The molecule has 0 atom stereocenters. The zero-order valence-corrected chi connectivity index (χ0v) is 11.0. The lowest BCUT2D eigenvalue weighted by atomic mass is 10.3. The third kappa shape index (κ3) is 6.52. The molecule has 0 radical (unpaired) electrons. The highest BCUT2D eigenvalue weighted by Gasteiger charge is 2.29. The van der Waals surface area contributed by atoms with E-state index in [0.717, 1.165) is 5.12 Å². The van der Waals surface area contributed by atoms with Crippen LogP contribution in [0.2, 0.25) is 0 Å². The van der Waals surface area contributed by atoms with Gasteiger partial charge in [0, 0.05) is 4.86 Å². The molecule has 0 saturated carbocycles. The van der Waals surface area contributed by atoms with Crippen LogP contribution in [-0.2, 0) is 9.68 Å². The van der Waals surface area contributed by atoms with E-state index in [1.165, 1.54) is 0 Å². The number of hydrogen-bond donors (Lipinski definition) is 5. The maximum Gasteiger partial charge on any atom is 0.254 e. The van der Waals surface area contributed by atoms with Crippen LogP contribution in [0.4, 0.5) is 0 Å². The van der Waals surface area contributed by atoms with Crippen molar-refractivity contribution in [3.63, 3.8) is 0 Å². The lowest BCUT2D eigenvalue weighted by molar-refractivity contribution is -1.15. The third-order valence-electron chi connectivity index (χ3n) is 1.48. The Labute approximate surface area is 102 Å². The Hall–Kier alpha value is 0.370. The van der Waals surface area contributed by atoms with Gasteiger partial charge in [0.15, 0.2) is 0 Å². The Balaban J connectivity index is 4.02. The molecule has 0 spiro atoms. The van der Waals surface area contributed by atoms with Crippen molar-refractivity contribution in [2.75, 3.05) is 11.3 Å². The van der Waals surface area contributed by atoms with E-state index >= 15 is 0 Å². The second kappa shape index (κ2) is 6.19. The molecule has 0 rings (SSSR count). The highest BCUT2D eigenvalue weighted by molar-refractivity contribution is 14.1. The van der Waals surface area contributed by atoms with Crippen molar-refractivity contribution >= 4 is 22.6 Å². The Bertz CT molecular complexity index is 188. The zero-order chi connectivity index (χ0) is 12.1. The molecule has 0 amide bonds. The van der Waals surface area contributed by atoms with E-state index in [4.69, 9.17) is 33.0 Å². The van der Waals surface area contributed by atoms with E-state index in [1.807, 2.05) is 22.6 Å². The van der Waals surface area contributed by atoms with Gasteiger partial charge in [0.25, 0.3) is 6.73 Å². The molecule has 0 aromatic carbocycles. The van der Waals surface area contributed by atoms with Crippen molar-refractivity contribution in [1.29, 1.82) is 0 Å². The summed E-state index contributed by atoms with van der Waals surface area (Å²) in [6.07, 6.45) is 0. The maximum atomic E-state index is 5.51. The number of quaternary nitrogens is 1. The summed E-state index contributed by atoms with van der Waals surface area (Å²) in [5, 5.41) is 0.937. The van der Waals surface area contributed by atoms with Crippen LogP contribution in [-0.4, -0.2) is 27.0 Å². The van der Waals surface area contributed by atoms with Crippen molar-refractivity contribution in [3.05, 3.63) is 0 Å². The molecule has 0 aromatic rings. The molecule has 9 nitrogen and oxygen atoms in total. The van der Waals surface area contributed by atoms with Gasteiger partial charge in [-0.2, -0.15) is 5.12 Å². The first kappa shape index (κ1) is 15.4. The van der Waals surface area contributed by atoms with Gasteiger partial charge < -0.3 is 4.74 Å². The molecule has 92 valence electrons. The Morgan fingerprint density at radius 2 is 1.93 bits per heavy atom. The zero-order valence-electron chi connectivity index (χ0n) is 8.81. The van der Waals surface area contributed by atoms with Crippen LogP contribution in [0.15, 0.2) is 0 Å². The minimum absolute atomic E-state index is 0.0127. The number of alkyl halides is 1. The second-order valence-electron chi connectivity index (χ2n) is 3.46. The molecule has 9 N–H and O–H groups in total. The molecule has 0 saturated heterocycles. The Kier molecular flexibility index (Phi) is 6.34. The van der Waals surface area contributed by atoms with Crippen LogP contribution in [0.5, 0.6) is 0 Å². The van der Waals surface area contributed by atoms with Crippen molar-refractivity contribution in [1.82, 2.24) is 10.6 Å². The SMILES string of the molecule is CC(C)(NO[N+](N)(N)COCI)N(N)N. The topological polar surface area (TPSA) is 138 Å². The van der Waals surface area contributed by atoms with Crippen molar-refractivity contribution < 1.29 is 14.5 Å². The predicted molar refractivity (Wildman–Crippen MR) is 62.0 cm³/mol. The number of hydrazine groups is 2. The number of nitrogens with one attached hydrogen (secondary N) is 1. The highest BCUT2D eigenvalue weighted by atomic mass is 127. The van der Waals surface area contributed by atoms with Gasteiger partial charge in [0.05, 0.1) is 0 Å². The second-order valence-corrected chi connectivity index (χ2v) is 4.08. The summed E-state index contributed by atoms with van der Waals surface area (Å²) in [5.74, 6) is 21.7. The van der Waals surface area contributed by atoms with Gasteiger partial charge in [-0.05, 0) is 13.8 Å². The number of nitrogens with zero attached hydrogens (tertiary/aromatic N) is 2. The average molecular weight is 336 g/mol. The summed E-state index contributed by atoms with van der Waals surface area (Å²) >= 11 is 2.02. The van der Waals surface area contributed by atoms with Crippen LogP contribution in [0.1, 0.15) is 13.8 Å². The molecular weight excluding hydrogens is 317 g/mol. The van der Waals surface area contributed by atoms with E-state index in [-0.39, 0.29) is 6.73 Å². The van der Waals surface area contributed by atoms with Crippen LogP contribution in [0.3, 0.4) is 0 Å². The van der Waals surface area contributed by atoms with E-state index in [1.54, 1.807) is 13.8 Å². The minimum atomic E-state index is -0.813. The lowest BCUT2D eigenvalue weighted by Crippen LogP contribution is -2.69.